The molecule has 0 aliphatic carbocycles. The highest BCUT2D eigenvalue weighted by molar-refractivity contribution is 7.98. The van der Waals surface area contributed by atoms with E-state index in [0.717, 1.165) is 11.3 Å². The average molecular weight is 425 g/mol. The van der Waals surface area contributed by atoms with Crippen molar-refractivity contribution in [1.82, 2.24) is 10.6 Å². The molecule has 162 valence electrons. The van der Waals surface area contributed by atoms with Crippen LogP contribution in [-0.4, -0.2) is 59.6 Å². The van der Waals surface area contributed by atoms with Gasteiger partial charge >= 0.3 is 5.97 Å². The molecule has 0 saturated carbocycles. The molecule has 7 N–H and O–H groups in total. The number of carboxylic acids is 1. The van der Waals surface area contributed by atoms with Gasteiger partial charge in [0.05, 0.1) is 6.04 Å². The summed E-state index contributed by atoms with van der Waals surface area (Å²) in [5.41, 5.74) is 12.2. The van der Waals surface area contributed by atoms with Gasteiger partial charge in [0, 0.05) is 6.42 Å². The lowest BCUT2D eigenvalue weighted by atomic mass is 10.0. The molecular formula is C20H32N4O4S. The first-order valence-corrected chi connectivity index (χ1v) is 11.1. The highest BCUT2D eigenvalue weighted by Crippen LogP contribution is 2.07. The summed E-state index contributed by atoms with van der Waals surface area (Å²) in [6.07, 6.45) is 4.26. The molecule has 0 heterocycles. The Morgan fingerprint density at radius 1 is 1.03 bits per heavy atom. The number of nitrogens with two attached hydrogens (primary N) is 2. The number of hydrogen-bond donors (Lipinski definition) is 5. The Balaban J connectivity index is 2.79. The summed E-state index contributed by atoms with van der Waals surface area (Å²) in [6.45, 7) is 0.473. The standard InChI is InChI=1S/C20H32N4O4S/c1-29-12-10-15(22)18(25)23-16(9-5-6-11-21)19(26)24-17(20(27)28)13-14-7-3-2-4-8-14/h2-4,7-8,15-17H,5-6,9-13,21-22H2,1H3,(H,23,25)(H,24,26)(H,27,28)/t15-,16-,17-/m0/s1. The molecule has 2 amide bonds. The van der Waals surface area contributed by atoms with Crippen LogP contribution in [0.2, 0.25) is 0 Å². The number of thioether (sulfide) groups is 1. The molecule has 0 bridgehead atoms. The Kier molecular flexibility index (Phi) is 12.0. The largest absolute Gasteiger partial charge is 0.480 e. The number of carbonyl (C=O) groups is 3. The zero-order chi connectivity index (χ0) is 21.6. The second-order valence-corrected chi connectivity index (χ2v) is 7.81. The maximum absolute atomic E-state index is 12.7. The summed E-state index contributed by atoms with van der Waals surface area (Å²) >= 11 is 1.58. The van der Waals surface area contributed by atoms with Crippen molar-refractivity contribution in [2.45, 2.75) is 50.2 Å². The number of carbonyl (C=O) groups excluding carboxylic acids is 2. The number of hydrogen-bond acceptors (Lipinski definition) is 6. The lowest BCUT2D eigenvalue weighted by Gasteiger charge is -2.23. The molecule has 9 heteroatoms. The molecule has 0 radical (unpaired) electrons. The molecule has 0 saturated heterocycles. The topological polar surface area (TPSA) is 148 Å². The molecule has 0 aromatic heterocycles. The molecule has 1 rings (SSSR count). The van der Waals surface area contributed by atoms with Crippen LogP contribution in [0.3, 0.4) is 0 Å². The second kappa shape index (κ2) is 14.0. The fourth-order valence-electron chi connectivity index (χ4n) is 2.74. The van der Waals surface area contributed by atoms with E-state index in [9.17, 15) is 19.5 Å². The van der Waals surface area contributed by atoms with Gasteiger partial charge in [-0.25, -0.2) is 4.79 Å². The number of rotatable bonds is 14. The van der Waals surface area contributed by atoms with Crippen LogP contribution in [0.25, 0.3) is 0 Å². The monoisotopic (exact) mass is 424 g/mol. The zero-order valence-electron chi connectivity index (χ0n) is 16.8. The fourth-order valence-corrected chi connectivity index (χ4v) is 3.23. The van der Waals surface area contributed by atoms with Gasteiger partial charge in [-0.1, -0.05) is 30.3 Å². The second-order valence-electron chi connectivity index (χ2n) is 6.82. The highest BCUT2D eigenvalue weighted by atomic mass is 32.2. The predicted molar refractivity (Wildman–Crippen MR) is 116 cm³/mol. The van der Waals surface area contributed by atoms with Gasteiger partial charge in [0.2, 0.25) is 11.8 Å². The van der Waals surface area contributed by atoms with Crippen molar-refractivity contribution in [2.75, 3.05) is 18.6 Å². The molecule has 0 aliphatic heterocycles. The van der Waals surface area contributed by atoms with Gasteiger partial charge < -0.3 is 27.2 Å². The third kappa shape index (κ3) is 9.78. The molecule has 3 atom stereocenters. The van der Waals surface area contributed by atoms with Crippen LogP contribution in [0.4, 0.5) is 0 Å². The Morgan fingerprint density at radius 3 is 2.28 bits per heavy atom. The van der Waals surface area contributed by atoms with Gasteiger partial charge in [-0.3, -0.25) is 9.59 Å². The molecule has 29 heavy (non-hydrogen) atoms. The van der Waals surface area contributed by atoms with Crippen molar-refractivity contribution < 1.29 is 19.5 Å². The molecule has 1 aromatic rings. The van der Waals surface area contributed by atoms with Gasteiger partial charge in [-0.05, 0) is 49.8 Å². The lowest BCUT2D eigenvalue weighted by molar-refractivity contribution is -0.142. The predicted octanol–water partition coefficient (Wildman–Crippen LogP) is 0.493. The van der Waals surface area contributed by atoms with Crippen LogP contribution in [-0.2, 0) is 20.8 Å². The smallest absolute Gasteiger partial charge is 0.326 e. The van der Waals surface area contributed by atoms with E-state index in [2.05, 4.69) is 10.6 Å². The van der Waals surface area contributed by atoms with E-state index in [1.54, 1.807) is 23.9 Å². The zero-order valence-corrected chi connectivity index (χ0v) is 17.6. The van der Waals surface area contributed by atoms with Crippen molar-refractivity contribution in [3.63, 3.8) is 0 Å². The van der Waals surface area contributed by atoms with Crippen LogP contribution < -0.4 is 22.1 Å². The summed E-state index contributed by atoms with van der Waals surface area (Å²) in [6, 6.07) is 6.38. The van der Waals surface area contributed by atoms with Crippen molar-refractivity contribution >= 4 is 29.5 Å². The minimum Gasteiger partial charge on any atom is -0.480 e. The van der Waals surface area contributed by atoms with Crippen molar-refractivity contribution in [3.8, 4) is 0 Å². The summed E-state index contributed by atoms with van der Waals surface area (Å²) in [5.74, 6) is -1.35. The first kappa shape index (κ1) is 24.9. The van der Waals surface area contributed by atoms with Crippen LogP contribution in [0, 0.1) is 0 Å². The van der Waals surface area contributed by atoms with E-state index >= 15 is 0 Å². The number of amides is 2. The lowest BCUT2D eigenvalue weighted by Crippen LogP contribution is -2.54. The number of benzene rings is 1. The summed E-state index contributed by atoms with van der Waals surface area (Å²) < 4.78 is 0. The van der Waals surface area contributed by atoms with E-state index in [0.29, 0.717) is 32.2 Å². The number of aliphatic carboxylic acids is 1. The highest BCUT2D eigenvalue weighted by Gasteiger charge is 2.27. The number of carboxylic acid groups (broad SMARTS) is 1. The van der Waals surface area contributed by atoms with Crippen molar-refractivity contribution in [1.29, 1.82) is 0 Å². The van der Waals surface area contributed by atoms with Crippen LogP contribution >= 0.6 is 11.8 Å². The minimum atomic E-state index is -1.13. The number of nitrogens with one attached hydrogen (secondary N) is 2. The van der Waals surface area contributed by atoms with E-state index in [4.69, 9.17) is 11.5 Å². The van der Waals surface area contributed by atoms with E-state index in [-0.39, 0.29) is 6.42 Å². The van der Waals surface area contributed by atoms with E-state index < -0.39 is 35.9 Å². The molecule has 0 aliphatic rings. The maximum Gasteiger partial charge on any atom is 0.326 e. The third-order valence-electron chi connectivity index (χ3n) is 4.45. The van der Waals surface area contributed by atoms with Crippen molar-refractivity contribution in [3.05, 3.63) is 35.9 Å². The quantitative estimate of drug-likeness (QED) is 0.273. The Labute approximate surface area is 176 Å². The van der Waals surface area contributed by atoms with Gasteiger partial charge in [-0.15, -0.1) is 0 Å². The molecule has 0 fully saturated rings. The first-order chi connectivity index (χ1) is 13.9. The van der Waals surface area contributed by atoms with E-state index in [1.807, 2.05) is 24.5 Å². The maximum atomic E-state index is 12.7. The minimum absolute atomic E-state index is 0.151. The number of unbranched alkanes of at least 4 members (excludes halogenated alkanes) is 1. The molecule has 0 spiro atoms. The van der Waals surface area contributed by atoms with Gasteiger partial charge in [0.25, 0.3) is 0 Å². The van der Waals surface area contributed by atoms with Crippen molar-refractivity contribution in [2.24, 2.45) is 11.5 Å². The van der Waals surface area contributed by atoms with Gasteiger partial charge in [0.15, 0.2) is 0 Å². The summed E-state index contributed by atoms with van der Waals surface area (Å²) in [5, 5.41) is 14.7. The van der Waals surface area contributed by atoms with Crippen LogP contribution in [0.5, 0.6) is 0 Å². The van der Waals surface area contributed by atoms with Gasteiger partial charge in [0.1, 0.15) is 12.1 Å². The summed E-state index contributed by atoms with van der Waals surface area (Å²) in [7, 11) is 0. The Bertz CT molecular complexity index is 645. The SMILES string of the molecule is CSCC[C@H](N)C(=O)N[C@@H](CCCCN)C(=O)N[C@@H](Cc1ccccc1)C(=O)O. The summed E-state index contributed by atoms with van der Waals surface area (Å²) in [4.78, 5) is 36.7. The molecule has 8 nitrogen and oxygen atoms in total. The Morgan fingerprint density at radius 2 is 1.69 bits per heavy atom. The Hall–Kier alpha value is -2.10. The third-order valence-corrected chi connectivity index (χ3v) is 5.09. The average Bonchev–Trinajstić information content (AvgIpc) is 2.71. The van der Waals surface area contributed by atoms with Crippen LogP contribution in [0.15, 0.2) is 30.3 Å². The fraction of sp³-hybridized carbons (Fsp3) is 0.550. The first-order valence-electron chi connectivity index (χ1n) is 9.71. The molecule has 0 unspecified atom stereocenters. The van der Waals surface area contributed by atoms with E-state index in [1.165, 1.54) is 0 Å². The molecular weight excluding hydrogens is 392 g/mol. The normalized spacial score (nSPS) is 13.9. The van der Waals surface area contributed by atoms with Crippen LogP contribution in [0.1, 0.15) is 31.2 Å². The van der Waals surface area contributed by atoms with Gasteiger partial charge in [-0.2, -0.15) is 11.8 Å². The molecule has 1 aromatic carbocycles.